The van der Waals surface area contributed by atoms with Crippen LogP contribution in [0, 0.1) is 0 Å². The lowest BCUT2D eigenvalue weighted by Crippen LogP contribution is -2.40. The summed E-state index contributed by atoms with van der Waals surface area (Å²) in [6.45, 7) is 0.473. The SMILES string of the molecule is COc1ccccc1C(N)(CCN)c1nsc2ccccc12. The lowest BCUT2D eigenvalue weighted by atomic mass is 9.82. The third kappa shape index (κ3) is 2.37. The standard InChI is InChI=1S/C17H19N3OS/c1-21-14-8-4-3-7-13(14)17(19,10-11-18)16-12-6-2-5-9-15(12)22-20-16/h2-9H,10-11,18-19H2,1H3. The third-order valence-corrected chi connectivity index (χ3v) is 4.75. The molecule has 0 saturated carbocycles. The Hall–Kier alpha value is -1.95. The number of ether oxygens (including phenoxy) is 1. The number of fused-ring (bicyclic) bond motifs is 1. The second-order valence-corrected chi connectivity index (χ2v) is 6.04. The van der Waals surface area contributed by atoms with Crippen molar-refractivity contribution in [3.63, 3.8) is 0 Å². The van der Waals surface area contributed by atoms with Crippen LogP contribution in [0.15, 0.2) is 48.5 Å². The van der Waals surface area contributed by atoms with Gasteiger partial charge >= 0.3 is 0 Å². The van der Waals surface area contributed by atoms with E-state index in [0.717, 1.165) is 27.1 Å². The Kier molecular flexibility index (Phi) is 4.11. The van der Waals surface area contributed by atoms with Gasteiger partial charge in [0.05, 0.1) is 23.0 Å². The van der Waals surface area contributed by atoms with Gasteiger partial charge in [-0.2, -0.15) is 4.37 Å². The Morgan fingerprint density at radius 1 is 1.14 bits per heavy atom. The van der Waals surface area contributed by atoms with Crippen LogP contribution in [0.3, 0.4) is 0 Å². The van der Waals surface area contributed by atoms with Crippen LogP contribution in [-0.4, -0.2) is 18.0 Å². The predicted octanol–water partition coefficient (Wildman–Crippen LogP) is 2.86. The molecule has 1 heterocycles. The molecule has 4 N–H and O–H groups in total. The van der Waals surface area contributed by atoms with Gasteiger partial charge in [0.2, 0.25) is 0 Å². The molecule has 5 heteroatoms. The highest BCUT2D eigenvalue weighted by Gasteiger charge is 2.35. The Bertz CT molecular complexity index is 786. The van der Waals surface area contributed by atoms with Gasteiger partial charge in [-0.3, -0.25) is 0 Å². The minimum Gasteiger partial charge on any atom is -0.496 e. The van der Waals surface area contributed by atoms with Gasteiger partial charge in [0.25, 0.3) is 0 Å². The summed E-state index contributed by atoms with van der Waals surface area (Å²) in [5, 5.41) is 1.08. The number of methoxy groups -OCH3 is 1. The molecule has 1 aromatic heterocycles. The smallest absolute Gasteiger partial charge is 0.124 e. The highest BCUT2D eigenvalue weighted by Crippen LogP contribution is 2.39. The first-order chi connectivity index (χ1) is 10.7. The molecule has 0 radical (unpaired) electrons. The van der Waals surface area contributed by atoms with E-state index in [-0.39, 0.29) is 0 Å². The van der Waals surface area contributed by atoms with Crippen LogP contribution >= 0.6 is 11.5 Å². The van der Waals surface area contributed by atoms with Crippen LogP contribution in [0.4, 0.5) is 0 Å². The molecule has 0 amide bonds. The molecule has 0 aliphatic carbocycles. The molecule has 3 aromatic rings. The molecule has 0 saturated heterocycles. The minimum absolute atomic E-state index is 0.473. The van der Waals surface area contributed by atoms with E-state index in [9.17, 15) is 0 Å². The molecule has 0 fully saturated rings. The molecule has 114 valence electrons. The Balaban J connectivity index is 2.24. The first-order valence-corrected chi connectivity index (χ1v) is 7.95. The summed E-state index contributed by atoms with van der Waals surface area (Å²) in [5.41, 5.74) is 13.7. The summed E-state index contributed by atoms with van der Waals surface area (Å²) in [7, 11) is 1.65. The number of hydrogen-bond acceptors (Lipinski definition) is 5. The molecule has 1 unspecified atom stereocenters. The van der Waals surface area contributed by atoms with Crippen molar-refractivity contribution in [2.24, 2.45) is 11.5 Å². The fraction of sp³-hybridized carbons (Fsp3) is 0.235. The van der Waals surface area contributed by atoms with E-state index in [1.54, 1.807) is 7.11 Å². The third-order valence-electron chi connectivity index (χ3n) is 3.93. The van der Waals surface area contributed by atoms with E-state index in [4.69, 9.17) is 16.2 Å². The molecule has 0 spiro atoms. The molecule has 1 atom stereocenters. The number of nitrogens with two attached hydrogens (primary N) is 2. The van der Waals surface area contributed by atoms with Crippen LogP contribution in [0.5, 0.6) is 5.75 Å². The topological polar surface area (TPSA) is 74.2 Å². The molecule has 22 heavy (non-hydrogen) atoms. The molecule has 0 bridgehead atoms. The van der Waals surface area contributed by atoms with Crippen LogP contribution in [0.1, 0.15) is 17.7 Å². The number of aromatic nitrogens is 1. The van der Waals surface area contributed by atoms with Crippen molar-refractivity contribution in [3.8, 4) is 5.75 Å². The van der Waals surface area contributed by atoms with E-state index < -0.39 is 5.54 Å². The number of para-hydroxylation sites is 1. The lowest BCUT2D eigenvalue weighted by Gasteiger charge is -2.30. The van der Waals surface area contributed by atoms with Gasteiger partial charge in [-0.05, 0) is 36.6 Å². The van der Waals surface area contributed by atoms with Crippen molar-refractivity contribution >= 4 is 21.6 Å². The number of nitrogens with zero attached hydrogens (tertiary/aromatic N) is 1. The molecule has 0 aliphatic rings. The van der Waals surface area contributed by atoms with Gasteiger partial charge in [0.1, 0.15) is 5.75 Å². The van der Waals surface area contributed by atoms with Gasteiger partial charge in [0, 0.05) is 10.9 Å². The van der Waals surface area contributed by atoms with Gasteiger partial charge in [-0.15, -0.1) is 0 Å². The number of rotatable bonds is 5. The Labute approximate surface area is 133 Å². The van der Waals surface area contributed by atoms with Crippen molar-refractivity contribution < 1.29 is 4.74 Å². The van der Waals surface area contributed by atoms with Gasteiger partial charge in [-0.1, -0.05) is 36.4 Å². The molecular weight excluding hydrogens is 294 g/mol. The minimum atomic E-state index is -0.763. The zero-order valence-corrected chi connectivity index (χ0v) is 13.3. The van der Waals surface area contributed by atoms with Crippen molar-refractivity contribution in [3.05, 3.63) is 59.8 Å². The molecule has 4 nitrogen and oxygen atoms in total. The average Bonchev–Trinajstić information content (AvgIpc) is 2.99. The fourth-order valence-corrected chi connectivity index (χ4v) is 3.68. The molecular formula is C17H19N3OS. The van der Waals surface area contributed by atoms with Crippen LogP contribution < -0.4 is 16.2 Å². The van der Waals surface area contributed by atoms with E-state index in [1.165, 1.54) is 11.5 Å². The van der Waals surface area contributed by atoms with Crippen molar-refractivity contribution in [2.45, 2.75) is 12.0 Å². The zero-order valence-electron chi connectivity index (χ0n) is 12.5. The maximum absolute atomic E-state index is 6.82. The second kappa shape index (κ2) is 6.04. The molecule has 3 rings (SSSR count). The van der Waals surface area contributed by atoms with Crippen LogP contribution in [0.2, 0.25) is 0 Å². The first kappa shape index (κ1) is 15.0. The van der Waals surface area contributed by atoms with E-state index in [0.29, 0.717) is 13.0 Å². The maximum Gasteiger partial charge on any atom is 0.124 e. The quantitative estimate of drug-likeness (QED) is 0.759. The van der Waals surface area contributed by atoms with E-state index >= 15 is 0 Å². The summed E-state index contributed by atoms with van der Waals surface area (Å²) in [6.07, 6.45) is 0.598. The zero-order chi connectivity index (χ0) is 15.6. The van der Waals surface area contributed by atoms with Crippen molar-refractivity contribution in [1.29, 1.82) is 0 Å². The van der Waals surface area contributed by atoms with Crippen molar-refractivity contribution in [2.75, 3.05) is 13.7 Å². The van der Waals surface area contributed by atoms with Crippen LogP contribution in [0.25, 0.3) is 10.1 Å². The highest BCUT2D eigenvalue weighted by atomic mass is 32.1. The summed E-state index contributed by atoms with van der Waals surface area (Å²) >= 11 is 1.46. The summed E-state index contributed by atoms with van der Waals surface area (Å²) in [6, 6.07) is 15.9. The van der Waals surface area contributed by atoms with Gasteiger partial charge in [-0.25, -0.2) is 0 Å². The number of hydrogen-bond donors (Lipinski definition) is 2. The van der Waals surface area contributed by atoms with E-state index in [2.05, 4.69) is 16.5 Å². The van der Waals surface area contributed by atoms with Crippen molar-refractivity contribution in [1.82, 2.24) is 4.37 Å². The largest absolute Gasteiger partial charge is 0.496 e. The van der Waals surface area contributed by atoms with Gasteiger partial charge < -0.3 is 16.2 Å². The maximum atomic E-state index is 6.82. The Morgan fingerprint density at radius 3 is 2.64 bits per heavy atom. The molecule has 0 aliphatic heterocycles. The predicted molar refractivity (Wildman–Crippen MR) is 91.3 cm³/mol. The lowest BCUT2D eigenvalue weighted by molar-refractivity contribution is 0.388. The first-order valence-electron chi connectivity index (χ1n) is 7.18. The fourth-order valence-electron chi connectivity index (χ4n) is 2.83. The summed E-state index contributed by atoms with van der Waals surface area (Å²) < 4.78 is 11.3. The van der Waals surface area contributed by atoms with Gasteiger partial charge in [0.15, 0.2) is 0 Å². The monoisotopic (exact) mass is 313 g/mol. The Morgan fingerprint density at radius 2 is 1.86 bits per heavy atom. The molecule has 2 aromatic carbocycles. The summed E-state index contributed by atoms with van der Waals surface area (Å²) in [5.74, 6) is 0.760. The normalized spacial score (nSPS) is 14.0. The average molecular weight is 313 g/mol. The second-order valence-electron chi connectivity index (χ2n) is 5.24. The van der Waals surface area contributed by atoms with Crippen LogP contribution in [-0.2, 0) is 5.54 Å². The highest BCUT2D eigenvalue weighted by molar-refractivity contribution is 7.13. The van der Waals surface area contributed by atoms with E-state index in [1.807, 2.05) is 36.4 Å². The summed E-state index contributed by atoms with van der Waals surface area (Å²) in [4.78, 5) is 0. The number of benzene rings is 2.